The van der Waals surface area contributed by atoms with Gasteiger partial charge in [-0.15, -0.1) is 0 Å². The van der Waals surface area contributed by atoms with Crippen LogP contribution in [0.25, 0.3) is 0 Å². The highest BCUT2D eigenvalue weighted by atomic mass is 32.2. The number of aliphatic carboxylic acids is 1. The molecule has 13 heteroatoms. The number of ketones is 3. The molecule has 1 unspecified atom stereocenters. The van der Waals surface area contributed by atoms with E-state index in [1.54, 1.807) is 0 Å². The van der Waals surface area contributed by atoms with Crippen LogP contribution in [-0.2, 0) is 28.8 Å². The van der Waals surface area contributed by atoms with E-state index in [1.807, 2.05) is 0 Å². The molecule has 0 aromatic rings. The van der Waals surface area contributed by atoms with Crippen molar-refractivity contribution in [2.45, 2.75) is 313 Å². The fraction of sp³-hybridized carbons (Fsp3) is 0.895. The Kier molecular flexibility index (Phi) is 44.0. The summed E-state index contributed by atoms with van der Waals surface area (Å²) in [6.45, 7) is 4.51. The minimum Gasteiger partial charge on any atom is -0.480 e. The molecule has 0 fully saturated rings. The number of unbranched alkanes of at least 4 members (excludes halogenated alkanes) is 36. The SMILES string of the molecule is CCCCCCCCCCCCCCCC(=O)C(SC(=O)C(O)CO)(C(=O)CCCCCCCCCCCCCCC)[C@@](N)(C(=O)CCCCCCCCCCCCCCC)C(=O)N[C@@H](CO)C(=O)O. The molecule has 0 aromatic carbocycles. The first kappa shape index (κ1) is 67.8. The number of carboxylic acid groups (broad SMARTS) is 1. The van der Waals surface area contributed by atoms with Crippen LogP contribution in [-0.4, -0.2) is 90.4 Å². The second-order valence-corrected chi connectivity index (χ2v) is 21.6. The first-order chi connectivity index (χ1) is 33.8. The Labute approximate surface area is 430 Å². The van der Waals surface area contributed by atoms with Crippen LogP contribution < -0.4 is 11.1 Å². The second kappa shape index (κ2) is 45.4. The molecule has 7 N–H and O–H groups in total. The maximum Gasteiger partial charge on any atom is 0.328 e. The lowest BCUT2D eigenvalue weighted by molar-refractivity contribution is -0.150. The van der Waals surface area contributed by atoms with Crippen LogP contribution in [0.5, 0.6) is 0 Å². The monoisotopic (exact) mass is 1010 g/mol. The number of nitrogens with two attached hydrogens (primary N) is 1. The summed E-state index contributed by atoms with van der Waals surface area (Å²) >= 11 is 0.0161. The van der Waals surface area contributed by atoms with E-state index in [0.717, 1.165) is 77.0 Å². The molecule has 0 aliphatic carbocycles. The number of rotatable bonds is 53. The number of carbonyl (C=O) groups excluding carboxylic acids is 5. The molecule has 0 aliphatic rings. The molecule has 0 saturated heterocycles. The predicted octanol–water partition coefficient (Wildman–Crippen LogP) is 12.7. The van der Waals surface area contributed by atoms with E-state index in [4.69, 9.17) is 5.73 Å². The Hall–Kier alpha value is -2.19. The molecule has 1 amide bonds. The summed E-state index contributed by atoms with van der Waals surface area (Å²) in [6.07, 6.45) is 37.4. The topological polar surface area (TPSA) is 221 Å². The summed E-state index contributed by atoms with van der Waals surface area (Å²) < 4.78 is -2.88. The van der Waals surface area contributed by atoms with Crippen LogP contribution in [0.2, 0.25) is 0 Å². The third-order valence-corrected chi connectivity index (χ3v) is 15.7. The molecule has 0 aromatic heterocycles. The molecule has 70 heavy (non-hydrogen) atoms. The van der Waals surface area contributed by atoms with Crippen molar-refractivity contribution in [3.05, 3.63) is 0 Å². The molecule has 0 spiro atoms. The van der Waals surface area contributed by atoms with E-state index in [9.17, 15) is 39.6 Å². The van der Waals surface area contributed by atoms with E-state index in [2.05, 4.69) is 26.1 Å². The molecule has 410 valence electrons. The Balaban J connectivity index is 6.44. The molecule has 0 saturated carbocycles. The third-order valence-electron chi connectivity index (χ3n) is 14.1. The Morgan fingerprint density at radius 3 is 0.929 bits per heavy atom. The standard InChI is InChI=1S/C57H106N2O10S/c1-4-7-10-13-16-19-22-25-28-31-34-37-40-43-50(63)56(58,55(69)59-48(46-60)53(66)67)57(70-54(68)49(62)47-61,51(64)44-41-38-35-32-29-26-23-20-17-14-11-8-5-2)52(65)45-42-39-36-33-30-27-24-21-18-15-12-9-6-3/h48-49,60-62H,4-47,58H2,1-3H3,(H,59,69)(H,66,67)/t48-,49?,56+/m0/s1. The quantitative estimate of drug-likeness (QED) is 0.0247. The molecular weight excluding hydrogens is 905 g/mol. The first-order valence-corrected chi connectivity index (χ1v) is 29.7. The van der Waals surface area contributed by atoms with Crippen LogP contribution in [0, 0.1) is 0 Å². The Bertz CT molecular complexity index is 1320. The summed E-state index contributed by atoms with van der Waals surface area (Å²) in [5, 5.41) is 41.2. The summed E-state index contributed by atoms with van der Waals surface area (Å²) in [5.41, 5.74) is 3.91. The number of amides is 1. The summed E-state index contributed by atoms with van der Waals surface area (Å²) in [7, 11) is 0. The predicted molar refractivity (Wildman–Crippen MR) is 288 cm³/mol. The van der Waals surface area contributed by atoms with Gasteiger partial charge in [-0.1, -0.05) is 264 Å². The van der Waals surface area contributed by atoms with Crippen molar-refractivity contribution in [2.24, 2.45) is 5.73 Å². The molecule has 0 heterocycles. The number of nitrogens with one attached hydrogen (secondary N) is 1. The van der Waals surface area contributed by atoms with Gasteiger partial charge in [-0.2, -0.15) is 0 Å². The average Bonchev–Trinajstić information content (AvgIpc) is 3.35. The smallest absolute Gasteiger partial charge is 0.328 e. The van der Waals surface area contributed by atoms with Crippen LogP contribution >= 0.6 is 11.8 Å². The van der Waals surface area contributed by atoms with Crippen molar-refractivity contribution < 1.29 is 49.2 Å². The zero-order valence-corrected chi connectivity index (χ0v) is 45.8. The number of carbonyl (C=O) groups is 6. The number of aliphatic hydroxyl groups is 3. The highest BCUT2D eigenvalue weighted by Gasteiger charge is 2.67. The minimum atomic E-state index is -3.09. The molecule has 12 nitrogen and oxygen atoms in total. The Morgan fingerprint density at radius 2 is 0.686 bits per heavy atom. The van der Waals surface area contributed by atoms with Gasteiger partial charge in [0.05, 0.1) is 13.2 Å². The highest BCUT2D eigenvalue weighted by Crippen LogP contribution is 2.43. The van der Waals surface area contributed by atoms with Crippen LogP contribution in [0.15, 0.2) is 0 Å². The first-order valence-electron chi connectivity index (χ1n) is 28.9. The molecular formula is C57H106N2O10S. The van der Waals surface area contributed by atoms with Gasteiger partial charge in [-0.25, -0.2) is 4.79 Å². The van der Waals surface area contributed by atoms with Gasteiger partial charge in [0, 0.05) is 19.3 Å². The molecule has 0 bridgehead atoms. The minimum absolute atomic E-state index is 0.0161. The van der Waals surface area contributed by atoms with Crippen molar-refractivity contribution in [1.82, 2.24) is 5.32 Å². The van der Waals surface area contributed by atoms with Crippen LogP contribution in [0.3, 0.4) is 0 Å². The maximum absolute atomic E-state index is 15.0. The van der Waals surface area contributed by atoms with Crippen LogP contribution in [0.4, 0.5) is 0 Å². The van der Waals surface area contributed by atoms with Gasteiger partial charge in [0.1, 0.15) is 12.1 Å². The second-order valence-electron chi connectivity index (χ2n) is 20.4. The van der Waals surface area contributed by atoms with Gasteiger partial charge >= 0.3 is 5.97 Å². The van der Waals surface area contributed by atoms with Gasteiger partial charge in [0.15, 0.2) is 27.6 Å². The average molecular weight is 1010 g/mol. The fourth-order valence-corrected chi connectivity index (χ4v) is 10.8. The number of hydrogen-bond donors (Lipinski definition) is 6. The van der Waals surface area contributed by atoms with E-state index < -0.39 is 70.0 Å². The van der Waals surface area contributed by atoms with E-state index in [1.165, 1.54) is 135 Å². The lowest BCUT2D eigenvalue weighted by Crippen LogP contribution is -2.77. The number of aliphatic hydroxyl groups excluding tert-OH is 3. The largest absolute Gasteiger partial charge is 0.480 e. The third kappa shape index (κ3) is 29.5. The van der Waals surface area contributed by atoms with Crippen LogP contribution in [0.1, 0.15) is 290 Å². The lowest BCUT2D eigenvalue weighted by Gasteiger charge is -2.43. The Morgan fingerprint density at radius 1 is 0.429 bits per heavy atom. The van der Waals surface area contributed by atoms with Crippen molar-refractivity contribution in [1.29, 1.82) is 0 Å². The fourth-order valence-electron chi connectivity index (χ4n) is 9.48. The lowest BCUT2D eigenvalue weighted by atomic mass is 9.71. The molecule has 0 radical (unpaired) electrons. The van der Waals surface area contributed by atoms with E-state index >= 15 is 9.59 Å². The van der Waals surface area contributed by atoms with Gasteiger partial charge < -0.3 is 31.5 Å². The number of Topliss-reactive ketones (excluding diaryl/α,β-unsaturated/α-hetero) is 3. The summed E-state index contributed by atoms with van der Waals surface area (Å²) in [6, 6.07) is -1.94. The molecule has 3 atom stereocenters. The molecule has 0 rings (SSSR count). The van der Waals surface area contributed by atoms with E-state index in [-0.39, 0.29) is 50.3 Å². The highest BCUT2D eigenvalue weighted by molar-refractivity contribution is 8.16. The summed E-state index contributed by atoms with van der Waals surface area (Å²) in [5.74, 6) is -5.96. The van der Waals surface area contributed by atoms with Crippen molar-refractivity contribution in [3.63, 3.8) is 0 Å². The van der Waals surface area contributed by atoms with Gasteiger partial charge in [-0.05, 0) is 19.3 Å². The normalized spacial score (nSPS) is 13.5. The zero-order chi connectivity index (χ0) is 52.1. The number of carboxylic acids is 1. The van der Waals surface area contributed by atoms with Crippen molar-refractivity contribution >= 4 is 46.1 Å². The number of hydrogen-bond acceptors (Lipinski definition) is 11. The van der Waals surface area contributed by atoms with Crippen molar-refractivity contribution in [2.75, 3.05) is 13.2 Å². The van der Waals surface area contributed by atoms with Gasteiger partial charge in [0.25, 0.3) is 5.91 Å². The maximum atomic E-state index is 15.0. The number of thioether (sulfide) groups is 1. The summed E-state index contributed by atoms with van der Waals surface area (Å²) in [4.78, 5) is 85.3. The zero-order valence-electron chi connectivity index (χ0n) is 45.0. The van der Waals surface area contributed by atoms with Gasteiger partial charge in [0.2, 0.25) is 5.12 Å². The molecule has 0 aliphatic heterocycles. The van der Waals surface area contributed by atoms with Gasteiger partial charge in [-0.3, -0.25) is 24.0 Å². The van der Waals surface area contributed by atoms with Crippen molar-refractivity contribution in [3.8, 4) is 0 Å². The van der Waals surface area contributed by atoms with E-state index in [0.29, 0.717) is 19.3 Å².